The van der Waals surface area contributed by atoms with Crippen molar-refractivity contribution in [3.63, 3.8) is 0 Å². The summed E-state index contributed by atoms with van der Waals surface area (Å²) < 4.78 is 11.5. The van der Waals surface area contributed by atoms with Crippen molar-refractivity contribution >= 4 is 11.0 Å². The third-order valence-electron chi connectivity index (χ3n) is 3.86. The monoisotopic (exact) mass is 260 g/mol. The molecule has 19 heavy (non-hydrogen) atoms. The highest BCUT2D eigenvalue weighted by molar-refractivity contribution is 5.78. The molecule has 102 valence electrons. The van der Waals surface area contributed by atoms with Gasteiger partial charge in [0, 0.05) is 18.2 Å². The first-order chi connectivity index (χ1) is 8.88. The molecule has 1 unspecified atom stereocenters. The molecule has 1 atom stereocenters. The molecule has 0 spiro atoms. The summed E-state index contributed by atoms with van der Waals surface area (Å²) in [4.78, 5) is 0. The molecule has 1 aromatic heterocycles. The number of rotatable bonds is 1. The third-order valence-corrected chi connectivity index (χ3v) is 3.86. The van der Waals surface area contributed by atoms with Gasteiger partial charge in [-0.2, -0.15) is 0 Å². The first-order valence-corrected chi connectivity index (χ1v) is 6.75. The summed E-state index contributed by atoms with van der Waals surface area (Å²) in [6, 6.07) is 8.02. The van der Waals surface area contributed by atoms with Crippen molar-refractivity contribution in [3.8, 4) is 0 Å². The molecule has 2 heterocycles. The fourth-order valence-electron chi connectivity index (χ4n) is 2.94. The van der Waals surface area contributed by atoms with Gasteiger partial charge in [0.05, 0.1) is 12.2 Å². The highest BCUT2D eigenvalue weighted by atomic mass is 16.5. The molecule has 3 rings (SSSR count). The number of furan rings is 1. The number of ether oxygens (including phenoxy) is 1. The number of hydrogen-bond acceptors (Lipinski definition) is 3. The zero-order valence-electron chi connectivity index (χ0n) is 11.7. The van der Waals surface area contributed by atoms with E-state index in [0.717, 1.165) is 11.0 Å². The molecule has 3 nitrogen and oxygen atoms in total. The maximum absolute atomic E-state index is 10.9. The van der Waals surface area contributed by atoms with E-state index in [1.54, 1.807) is 0 Å². The van der Waals surface area contributed by atoms with Gasteiger partial charge in [-0.05, 0) is 39.0 Å². The Morgan fingerprint density at radius 1 is 1.21 bits per heavy atom. The molecular weight excluding hydrogens is 240 g/mol. The van der Waals surface area contributed by atoms with E-state index in [1.807, 2.05) is 32.0 Å². The van der Waals surface area contributed by atoms with Gasteiger partial charge in [-0.15, -0.1) is 0 Å². The summed E-state index contributed by atoms with van der Waals surface area (Å²) in [5.74, 6) is 0.657. The maximum atomic E-state index is 10.9. The molecule has 3 heteroatoms. The molecule has 1 N–H and O–H groups in total. The van der Waals surface area contributed by atoms with Crippen LogP contribution in [0.4, 0.5) is 0 Å². The molecule has 1 fully saturated rings. The fourth-order valence-corrected chi connectivity index (χ4v) is 2.94. The number of benzene rings is 1. The summed E-state index contributed by atoms with van der Waals surface area (Å²) in [6.07, 6.45) is 1.13. The summed E-state index contributed by atoms with van der Waals surface area (Å²) in [7, 11) is 0. The highest BCUT2D eigenvalue weighted by Gasteiger charge is 2.42. The van der Waals surface area contributed by atoms with Gasteiger partial charge in [0.25, 0.3) is 0 Å². The second kappa shape index (κ2) is 4.09. The van der Waals surface area contributed by atoms with E-state index in [0.29, 0.717) is 25.2 Å². The van der Waals surface area contributed by atoms with E-state index in [4.69, 9.17) is 9.15 Å². The molecule has 2 aromatic rings. The van der Waals surface area contributed by atoms with Gasteiger partial charge < -0.3 is 14.3 Å². The van der Waals surface area contributed by atoms with Gasteiger partial charge in [-0.25, -0.2) is 0 Å². The van der Waals surface area contributed by atoms with E-state index in [-0.39, 0.29) is 5.60 Å². The minimum absolute atomic E-state index is 0.318. The minimum Gasteiger partial charge on any atom is -0.458 e. The molecule has 0 saturated carbocycles. The molecule has 0 bridgehead atoms. The van der Waals surface area contributed by atoms with Crippen LogP contribution in [-0.2, 0) is 10.3 Å². The van der Waals surface area contributed by atoms with Gasteiger partial charge in [-0.3, -0.25) is 0 Å². The smallest absolute Gasteiger partial charge is 0.137 e. The number of aliphatic hydroxyl groups is 1. The first-order valence-electron chi connectivity index (χ1n) is 6.75. The summed E-state index contributed by atoms with van der Waals surface area (Å²) >= 11 is 0. The molecular formula is C16H20O3. The summed E-state index contributed by atoms with van der Waals surface area (Å²) in [5, 5.41) is 11.9. The zero-order valence-corrected chi connectivity index (χ0v) is 11.7. The van der Waals surface area contributed by atoms with Crippen LogP contribution < -0.4 is 0 Å². The van der Waals surface area contributed by atoms with Crippen molar-refractivity contribution in [1.29, 1.82) is 0 Å². The molecule has 1 aliphatic rings. The average molecular weight is 260 g/mol. The predicted octanol–water partition coefficient (Wildman–Crippen LogP) is 3.52. The average Bonchev–Trinajstić information content (AvgIpc) is 2.70. The number of fused-ring (bicyclic) bond motifs is 1. The lowest BCUT2D eigenvalue weighted by atomic mass is 9.82. The SMILES string of the molecule is Cc1ccc2oc(C3(O)CCOC(C)(C)C3)cc2c1. The molecule has 1 aromatic carbocycles. The van der Waals surface area contributed by atoms with Gasteiger partial charge in [0.2, 0.25) is 0 Å². The Morgan fingerprint density at radius 3 is 2.74 bits per heavy atom. The van der Waals surface area contributed by atoms with Crippen LogP contribution in [0.1, 0.15) is 38.0 Å². The lowest BCUT2D eigenvalue weighted by molar-refractivity contribution is -0.154. The lowest BCUT2D eigenvalue weighted by Crippen LogP contribution is -2.43. The largest absolute Gasteiger partial charge is 0.458 e. The van der Waals surface area contributed by atoms with Crippen molar-refractivity contribution in [2.45, 2.75) is 44.8 Å². The summed E-state index contributed by atoms with van der Waals surface area (Å²) in [6.45, 7) is 6.62. The minimum atomic E-state index is -0.922. The number of hydrogen-bond donors (Lipinski definition) is 1. The van der Waals surface area contributed by atoms with Gasteiger partial charge >= 0.3 is 0 Å². The Labute approximate surface area is 113 Å². The standard InChI is InChI=1S/C16H20O3/c1-11-4-5-13-12(8-11)9-14(19-13)16(17)6-7-18-15(2,3)10-16/h4-5,8-9,17H,6-7,10H2,1-3H3. The van der Waals surface area contributed by atoms with Crippen LogP contribution in [-0.4, -0.2) is 17.3 Å². The first kappa shape index (κ1) is 12.7. The van der Waals surface area contributed by atoms with E-state index in [1.165, 1.54) is 5.56 Å². The van der Waals surface area contributed by atoms with Crippen LogP contribution in [0.2, 0.25) is 0 Å². The van der Waals surface area contributed by atoms with Crippen LogP contribution in [0.15, 0.2) is 28.7 Å². The van der Waals surface area contributed by atoms with Crippen molar-refractivity contribution in [2.24, 2.45) is 0 Å². The maximum Gasteiger partial charge on any atom is 0.137 e. The normalized spacial score (nSPS) is 26.7. The van der Waals surface area contributed by atoms with Crippen LogP contribution in [0, 0.1) is 6.92 Å². The van der Waals surface area contributed by atoms with Crippen LogP contribution in [0.5, 0.6) is 0 Å². The van der Waals surface area contributed by atoms with Crippen LogP contribution in [0.25, 0.3) is 11.0 Å². The second-order valence-electron chi connectivity index (χ2n) is 6.22. The van der Waals surface area contributed by atoms with E-state index in [9.17, 15) is 5.11 Å². The Morgan fingerprint density at radius 2 is 2.00 bits per heavy atom. The second-order valence-corrected chi connectivity index (χ2v) is 6.22. The molecule has 1 aliphatic heterocycles. The molecule has 1 saturated heterocycles. The number of aryl methyl sites for hydroxylation is 1. The topological polar surface area (TPSA) is 42.6 Å². The summed E-state index contributed by atoms with van der Waals surface area (Å²) in [5.41, 5.74) is 0.786. The van der Waals surface area contributed by atoms with Crippen molar-refractivity contribution < 1.29 is 14.3 Å². The Kier molecular flexibility index (Phi) is 2.73. The lowest BCUT2D eigenvalue weighted by Gasteiger charge is -2.40. The molecule has 0 aliphatic carbocycles. The zero-order chi connectivity index (χ0) is 13.7. The van der Waals surface area contributed by atoms with Crippen molar-refractivity contribution in [2.75, 3.05) is 6.61 Å². The van der Waals surface area contributed by atoms with E-state index in [2.05, 4.69) is 13.0 Å². The fraction of sp³-hybridized carbons (Fsp3) is 0.500. The molecule has 0 amide bonds. The highest BCUT2D eigenvalue weighted by Crippen LogP contribution is 2.41. The van der Waals surface area contributed by atoms with Crippen molar-refractivity contribution in [1.82, 2.24) is 0 Å². The Hall–Kier alpha value is -1.32. The third kappa shape index (κ3) is 2.28. The van der Waals surface area contributed by atoms with E-state index >= 15 is 0 Å². The van der Waals surface area contributed by atoms with Gasteiger partial charge in [-0.1, -0.05) is 11.6 Å². The molecule has 0 radical (unpaired) electrons. The Balaban J connectivity index is 2.03. The van der Waals surface area contributed by atoms with Crippen LogP contribution in [0.3, 0.4) is 0 Å². The predicted molar refractivity (Wildman–Crippen MR) is 74.1 cm³/mol. The quantitative estimate of drug-likeness (QED) is 0.853. The van der Waals surface area contributed by atoms with Crippen LogP contribution >= 0.6 is 0 Å². The van der Waals surface area contributed by atoms with E-state index < -0.39 is 5.60 Å². The van der Waals surface area contributed by atoms with Gasteiger partial charge in [0.1, 0.15) is 16.9 Å². The Bertz CT molecular complexity index is 611. The van der Waals surface area contributed by atoms with Gasteiger partial charge in [0.15, 0.2) is 0 Å². The van der Waals surface area contributed by atoms with Crippen molar-refractivity contribution in [3.05, 3.63) is 35.6 Å².